The molecule has 0 aromatic heterocycles. The number of carbonyl (C=O) groups excluding carboxylic acids is 1. The number of ether oxygens (including phenoxy) is 2. The monoisotopic (exact) mass is 379 g/mol. The Morgan fingerprint density at radius 1 is 1.42 bits per heavy atom. The zero-order valence-electron chi connectivity index (χ0n) is 10.5. The molecule has 1 aromatic rings. The molecular weight excluding hydrogens is 365 g/mol. The van der Waals surface area contributed by atoms with Crippen molar-refractivity contribution in [2.24, 2.45) is 0 Å². The van der Waals surface area contributed by atoms with E-state index in [0.29, 0.717) is 14.9 Å². The minimum atomic E-state index is -1.14. The van der Waals surface area contributed by atoms with Gasteiger partial charge in [-0.05, 0) is 40.8 Å². The van der Waals surface area contributed by atoms with Crippen LogP contribution in [0.2, 0.25) is 0 Å². The maximum absolute atomic E-state index is 12.0. The lowest BCUT2D eigenvalue weighted by atomic mass is 10.2. The van der Waals surface area contributed by atoms with E-state index >= 15 is 0 Å². The van der Waals surface area contributed by atoms with Gasteiger partial charge in [-0.25, -0.2) is 4.79 Å². The first-order chi connectivity index (χ1) is 8.99. The Hall–Kier alpha value is -1.35. The van der Waals surface area contributed by atoms with Crippen molar-refractivity contribution in [3.63, 3.8) is 0 Å². The molecule has 1 rings (SSSR count). The fourth-order valence-corrected chi connectivity index (χ4v) is 2.12. The summed E-state index contributed by atoms with van der Waals surface area (Å²) in [5.74, 6) is -0.970. The van der Waals surface area contributed by atoms with Crippen molar-refractivity contribution in [2.75, 3.05) is 20.8 Å². The van der Waals surface area contributed by atoms with Crippen LogP contribution in [0.4, 0.5) is 0 Å². The Bertz CT molecular complexity index is 477. The van der Waals surface area contributed by atoms with Crippen molar-refractivity contribution in [1.29, 1.82) is 0 Å². The molecule has 0 aliphatic carbocycles. The van der Waals surface area contributed by atoms with Gasteiger partial charge in [0.15, 0.2) is 6.04 Å². The lowest BCUT2D eigenvalue weighted by molar-refractivity contribution is -0.140. The van der Waals surface area contributed by atoms with Crippen LogP contribution in [0.3, 0.4) is 0 Å². The first-order valence-corrected chi connectivity index (χ1v) is 6.43. The van der Waals surface area contributed by atoms with Crippen LogP contribution >= 0.6 is 22.6 Å². The number of carboxylic acids is 1. The van der Waals surface area contributed by atoms with Crippen molar-refractivity contribution < 1.29 is 24.2 Å². The fraction of sp³-hybridized carbons (Fsp3) is 0.333. The molecule has 0 aliphatic rings. The van der Waals surface area contributed by atoms with Crippen LogP contribution in [-0.2, 0) is 9.53 Å². The molecule has 19 heavy (non-hydrogen) atoms. The number of hydrogen-bond acceptors (Lipinski definition) is 4. The van der Waals surface area contributed by atoms with Crippen molar-refractivity contribution >= 4 is 34.5 Å². The maximum atomic E-state index is 12.0. The van der Waals surface area contributed by atoms with Gasteiger partial charge in [0.1, 0.15) is 5.75 Å². The maximum Gasteiger partial charge on any atom is 0.328 e. The molecule has 0 saturated heterocycles. The third-order valence-electron chi connectivity index (χ3n) is 2.36. The number of benzene rings is 1. The molecule has 1 unspecified atom stereocenters. The molecule has 0 saturated carbocycles. The number of methoxy groups -OCH3 is 2. The van der Waals surface area contributed by atoms with Gasteiger partial charge < -0.3 is 19.9 Å². The Morgan fingerprint density at radius 3 is 2.58 bits per heavy atom. The number of carboxylic acid groups (broad SMARTS) is 1. The van der Waals surface area contributed by atoms with Crippen molar-refractivity contribution in [2.45, 2.75) is 6.04 Å². The van der Waals surface area contributed by atoms with Crippen LogP contribution < -0.4 is 10.1 Å². The van der Waals surface area contributed by atoms with Crippen LogP contribution in [-0.4, -0.2) is 43.9 Å². The van der Waals surface area contributed by atoms with Crippen LogP contribution in [0, 0.1) is 3.57 Å². The standard InChI is InChI=1S/C12H14INO5/c1-18-6-10(12(16)17)14-11(15)8-4-3-7(19-2)5-9(8)13/h3-5,10H,6H2,1-2H3,(H,14,15)(H,16,17). The summed E-state index contributed by atoms with van der Waals surface area (Å²) >= 11 is 1.99. The smallest absolute Gasteiger partial charge is 0.328 e. The minimum Gasteiger partial charge on any atom is -0.497 e. The molecule has 7 heteroatoms. The van der Waals surface area contributed by atoms with Gasteiger partial charge in [-0.15, -0.1) is 0 Å². The van der Waals surface area contributed by atoms with E-state index in [9.17, 15) is 9.59 Å². The summed E-state index contributed by atoms with van der Waals surface area (Å²) in [6.07, 6.45) is 0. The molecule has 0 radical (unpaired) electrons. The van der Waals surface area contributed by atoms with Gasteiger partial charge in [-0.1, -0.05) is 0 Å². The number of rotatable bonds is 6. The molecule has 2 N–H and O–H groups in total. The van der Waals surface area contributed by atoms with Crippen LogP contribution in [0.25, 0.3) is 0 Å². The summed E-state index contributed by atoms with van der Waals surface area (Å²) in [7, 11) is 2.91. The normalized spacial score (nSPS) is 11.7. The second-order valence-corrected chi connectivity index (χ2v) is 4.83. The van der Waals surface area contributed by atoms with E-state index in [4.69, 9.17) is 14.6 Å². The van der Waals surface area contributed by atoms with E-state index < -0.39 is 17.9 Å². The predicted octanol–water partition coefficient (Wildman–Crippen LogP) is 1.13. The summed E-state index contributed by atoms with van der Waals surface area (Å²) in [5, 5.41) is 11.3. The number of aliphatic carboxylic acids is 1. The van der Waals surface area contributed by atoms with Gasteiger partial charge >= 0.3 is 5.97 Å². The molecule has 1 amide bonds. The van der Waals surface area contributed by atoms with Gasteiger partial charge in [0, 0.05) is 10.7 Å². The highest BCUT2D eigenvalue weighted by Gasteiger charge is 2.21. The molecular formula is C12H14INO5. The van der Waals surface area contributed by atoms with E-state index in [1.807, 2.05) is 22.6 Å². The van der Waals surface area contributed by atoms with E-state index in [2.05, 4.69) is 5.32 Å². The highest BCUT2D eigenvalue weighted by atomic mass is 127. The van der Waals surface area contributed by atoms with Crippen LogP contribution in [0.1, 0.15) is 10.4 Å². The molecule has 0 heterocycles. The summed E-state index contributed by atoms with van der Waals surface area (Å²) < 4.78 is 10.5. The summed E-state index contributed by atoms with van der Waals surface area (Å²) in [4.78, 5) is 22.9. The summed E-state index contributed by atoms with van der Waals surface area (Å²) in [6.45, 7) is -0.0895. The Labute approximate surface area is 124 Å². The molecule has 6 nitrogen and oxygen atoms in total. The second-order valence-electron chi connectivity index (χ2n) is 3.67. The topological polar surface area (TPSA) is 84.9 Å². The SMILES string of the molecule is COCC(NC(=O)c1ccc(OC)cc1I)C(=O)O. The molecule has 0 aliphatic heterocycles. The lowest BCUT2D eigenvalue weighted by Crippen LogP contribution is -2.44. The van der Waals surface area contributed by atoms with Gasteiger partial charge in [-0.2, -0.15) is 0 Å². The van der Waals surface area contributed by atoms with Crippen molar-refractivity contribution in [3.8, 4) is 5.75 Å². The van der Waals surface area contributed by atoms with E-state index in [-0.39, 0.29) is 6.61 Å². The predicted molar refractivity (Wildman–Crippen MR) is 76.5 cm³/mol. The van der Waals surface area contributed by atoms with E-state index in [0.717, 1.165) is 0 Å². The summed E-state index contributed by atoms with van der Waals surface area (Å²) in [6, 6.07) is 3.85. The second kappa shape index (κ2) is 7.29. The number of nitrogens with one attached hydrogen (secondary N) is 1. The van der Waals surface area contributed by atoms with Crippen LogP contribution in [0.5, 0.6) is 5.75 Å². The van der Waals surface area contributed by atoms with E-state index in [1.54, 1.807) is 18.2 Å². The van der Waals surface area contributed by atoms with Crippen LogP contribution in [0.15, 0.2) is 18.2 Å². The lowest BCUT2D eigenvalue weighted by Gasteiger charge is -2.14. The van der Waals surface area contributed by atoms with Gasteiger partial charge in [-0.3, -0.25) is 4.79 Å². The van der Waals surface area contributed by atoms with Crippen molar-refractivity contribution in [3.05, 3.63) is 27.3 Å². The highest BCUT2D eigenvalue weighted by Crippen LogP contribution is 2.19. The molecule has 0 spiro atoms. The molecule has 0 fully saturated rings. The third kappa shape index (κ3) is 4.35. The number of hydrogen-bond donors (Lipinski definition) is 2. The minimum absolute atomic E-state index is 0.0895. The quantitative estimate of drug-likeness (QED) is 0.724. The largest absolute Gasteiger partial charge is 0.497 e. The number of amides is 1. The van der Waals surface area contributed by atoms with Crippen molar-refractivity contribution in [1.82, 2.24) is 5.32 Å². The average Bonchev–Trinajstić information content (AvgIpc) is 2.37. The first-order valence-electron chi connectivity index (χ1n) is 5.35. The molecule has 104 valence electrons. The first kappa shape index (κ1) is 15.7. The highest BCUT2D eigenvalue weighted by molar-refractivity contribution is 14.1. The summed E-state index contributed by atoms with van der Waals surface area (Å²) in [5.41, 5.74) is 0.392. The van der Waals surface area contributed by atoms with E-state index in [1.165, 1.54) is 14.2 Å². The molecule has 1 aromatic carbocycles. The Balaban J connectivity index is 2.85. The Kier molecular flexibility index (Phi) is 6.03. The van der Waals surface area contributed by atoms with Gasteiger partial charge in [0.25, 0.3) is 5.91 Å². The Morgan fingerprint density at radius 2 is 2.11 bits per heavy atom. The molecule has 0 bridgehead atoms. The van der Waals surface area contributed by atoms with Gasteiger partial charge in [0.2, 0.25) is 0 Å². The number of carbonyl (C=O) groups is 2. The zero-order valence-corrected chi connectivity index (χ0v) is 12.6. The third-order valence-corrected chi connectivity index (χ3v) is 3.25. The zero-order chi connectivity index (χ0) is 14.4. The van der Waals surface area contributed by atoms with Gasteiger partial charge in [0.05, 0.1) is 19.3 Å². The number of halogens is 1. The average molecular weight is 379 g/mol. The fourth-order valence-electron chi connectivity index (χ4n) is 1.38. The molecule has 1 atom stereocenters.